The molecule has 3 aromatic rings. The van der Waals surface area contributed by atoms with E-state index in [4.69, 9.17) is 0 Å². The van der Waals surface area contributed by atoms with E-state index in [0.717, 1.165) is 28.8 Å². The first-order chi connectivity index (χ1) is 15.7. The Balaban J connectivity index is 1.44. The van der Waals surface area contributed by atoms with Crippen LogP contribution in [-0.2, 0) is 14.8 Å². The number of anilines is 1. The Hall–Kier alpha value is -2.78. The Morgan fingerprint density at radius 1 is 1.12 bits per heavy atom. The Bertz CT molecular complexity index is 1260. The maximum atomic E-state index is 13.2. The maximum Gasteiger partial charge on any atom is 0.243 e. The van der Waals surface area contributed by atoms with Gasteiger partial charge in [0, 0.05) is 24.7 Å². The SMILES string of the molecule is CC[C@@H](C)n1nnc2cc(S(=O)(=O)N3CCC(C(=O)Nc4cc(C)cc(C)c4)CC3)ccc21. The molecular weight excluding hydrogens is 438 g/mol. The summed E-state index contributed by atoms with van der Waals surface area (Å²) < 4.78 is 29.8. The first-order valence-electron chi connectivity index (χ1n) is 11.4. The lowest BCUT2D eigenvalue weighted by molar-refractivity contribution is -0.120. The smallest absolute Gasteiger partial charge is 0.243 e. The minimum absolute atomic E-state index is 0.0554. The summed E-state index contributed by atoms with van der Waals surface area (Å²) >= 11 is 0. The maximum absolute atomic E-state index is 13.2. The van der Waals surface area contributed by atoms with Gasteiger partial charge >= 0.3 is 0 Å². The molecule has 2 heterocycles. The van der Waals surface area contributed by atoms with E-state index in [1.165, 1.54) is 4.31 Å². The molecule has 1 saturated heterocycles. The minimum atomic E-state index is -3.66. The second-order valence-corrected chi connectivity index (χ2v) is 10.9. The third-order valence-corrected chi connectivity index (χ3v) is 8.30. The molecule has 4 rings (SSSR count). The zero-order valence-corrected chi connectivity index (χ0v) is 20.4. The van der Waals surface area contributed by atoms with E-state index in [0.29, 0.717) is 31.4 Å². The topological polar surface area (TPSA) is 97.2 Å². The molecule has 0 bridgehead atoms. The van der Waals surface area contributed by atoms with Crippen molar-refractivity contribution < 1.29 is 13.2 Å². The van der Waals surface area contributed by atoms with E-state index in [2.05, 4.69) is 35.5 Å². The molecule has 0 aliphatic carbocycles. The number of benzene rings is 2. The number of amides is 1. The summed E-state index contributed by atoms with van der Waals surface area (Å²) in [5, 5.41) is 11.4. The summed E-state index contributed by atoms with van der Waals surface area (Å²) in [6.45, 7) is 8.74. The van der Waals surface area contributed by atoms with Crippen molar-refractivity contribution in [1.29, 1.82) is 0 Å². The third kappa shape index (κ3) is 4.79. The number of carbonyl (C=O) groups is 1. The Morgan fingerprint density at radius 2 is 1.79 bits per heavy atom. The van der Waals surface area contributed by atoms with Gasteiger partial charge in [0.2, 0.25) is 15.9 Å². The van der Waals surface area contributed by atoms with Crippen LogP contribution in [0, 0.1) is 19.8 Å². The summed E-state index contributed by atoms with van der Waals surface area (Å²) in [5.74, 6) is -0.268. The highest BCUT2D eigenvalue weighted by molar-refractivity contribution is 7.89. The fourth-order valence-electron chi connectivity index (χ4n) is 4.38. The number of rotatable bonds is 6. The highest BCUT2D eigenvalue weighted by Gasteiger charge is 2.32. The second-order valence-electron chi connectivity index (χ2n) is 8.99. The normalized spacial score (nSPS) is 16.7. The summed E-state index contributed by atoms with van der Waals surface area (Å²) in [5.41, 5.74) is 4.36. The molecule has 2 aromatic carbocycles. The van der Waals surface area contributed by atoms with Gasteiger partial charge in [-0.2, -0.15) is 4.31 Å². The summed E-state index contributed by atoms with van der Waals surface area (Å²) in [6, 6.07) is 11.1. The van der Waals surface area contributed by atoms with E-state index in [1.807, 2.05) is 30.7 Å². The Labute approximate surface area is 195 Å². The van der Waals surface area contributed by atoms with Gasteiger partial charge in [-0.1, -0.05) is 18.2 Å². The number of hydrogen-bond acceptors (Lipinski definition) is 5. The summed E-state index contributed by atoms with van der Waals surface area (Å²) in [7, 11) is -3.66. The van der Waals surface area contributed by atoms with Crippen molar-refractivity contribution in [2.75, 3.05) is 18.4 Å². The average molecular weight is 470 g/mol. The van der Waals surface area contributed by atoms with E-state index in [9.17, 15) is 13.2 Å². The fourth-order valence-corrected chi connectivity index (χ4v) is 5.87. The lowest BCUT2D eigenvalue weighted by atomic mass is 9.97. The van der Waals surface area contributed by atoms with Crippen LogP contribution < -0.4 is 5.32 Å². The molecule has 1 fully saturated rings. The van der Waals surface area contributed by atoms with Crippen molar-refractivity contribution in [1.82, 2.24) is 19.3 Å². The molecule has 1 amide bonds. The first-order valence-corrected chi connectivity index (χ1v) is 12.9. The van der Waals surface area contributed by atoms with Gasteiger partial charge in [-0.15, -0.1) is 5.10 Å². The van der Waals surface area contributed by atoms with Gasteiger partial charge in [-0.25, -0.2) is 13.1 Å². The van der Waals surface area contributed by atoms with Crippen LogP contribution in [0.15, 0.2) is 41.3 Å². The van der Waals surface area contributed by atoms with Crippen molar-refractivity contribution in [3.63, 3.8) is 0 Å². The van der Waals surface area contributed by atoms with Gasteiger partial charge in [0.1, 0.15) is 5.52 Å². The zero-order valence-electron chi connectivity index (χ0n) is 19.6. The highest BCUT2D eigenvalue weighted by atomic mass is 32.2. The average Bonchev–Trinajstić information content (AvgIpc) is 3.21. The van der Waals surface area contributed by atoms with Crippen LogP contribution in [0.1, 0.15) is 50.3 Å². The lowest BCUT2D eigenvalue weighted by Crippen LogP contribution is -2.41. The molecule has 33 heavy (non-hydrogen) atoms. The van der Waals surface area contributed by atoms with E-state index < -0.39 is 10.0 Å². The number of sulfonamides is 1. The van der Waals surface area contributed by atoms with Crippen molar-refractivity contribution in [2.24, 2.45) is 5.92 Å². The van der Waals surface area contributed by atoms with Gasteiger partial charge in [0.05, 0.1) is 16.5 Å². The fraction of sp³-hybridized carbons (Fsp3) is 0.458. The number of piperidine rings is 1. The summed E-state index contributed by atoms with van der Waals surface area (Å²) in [4.78, 5) is 13.0. The monoisotopic (exact) mass is 469 g/mol. The number of aromatic nitrogens is 3. The minimum Gasteiger partial charge on any atom is -0.326 e. The van der Waals surface area contributed by atoms with E-state index in [1.54, 1.807) is 18.2 Å². The zero-order chi connectivity index (χ0) is 23.8. The Morgan fingerprint density at radius 3 is 2.42 bits per heavy atom. The largest absolute Gasteiger partial charge is 0.326 e. The molecule has 0 unspecified atom stereocenters. The number of fused-ring (bicyclic) bond motifs is 1. The molecule has 0 spiro atoms. The van der Waals surface area contributed by atoms with Crippen LogP contribution in [0.5, 0.6) is 0 Å². The molecule has 0 radical (unpaired) electrons. The first kappa shape index (κ1) is 23.4. The molecule has 1 N–H and O–H groups in total. The summed E-state index contributed by atoms with van der Waals surface area (Å²) in [6.07, 6.45) is 1.88. The highest BCUT2D eigenvalue weighted by Crippen LogP contribution is 2.27. The van der Waals surface area contributed by atoms with Crippen LogP contribution in [0.25, 0.3) is 11.0 Å². The van der Waals surface area contributed by atoms with Crippen LogP contribution >= 0.6 is 0 Å². The van der Waals surface area contributed by atoms with Gasteiger partial charge in [0.15, 0.2) is 0 Å². The second kappa shape index (κ2) is 9.23. The van der Waals surface area contributed by atoms with Crippen LogP contribution in [0.2, 0.25) is 0 Å². The molecular formula is C24H31N5O3S. The van der Waals surface area contributed by atoms with E-state index in [-0.39, 0.29) is 22.8 Å². The number of carbonyl (C=O) groups excluding carboxylic acids is 1. The molecule has 1 aliphatic heterocycles. The predicted molar refractivity (Wildman–Crippen MR) is 129 cm³/mol. The molecule has 1 aliphatic rings. The Kier molecular flexibility index (Phi) is 6.54. The molecule has 1 aromatic heterocycles. The number of nitrogens with zero attached hydrogens (tertiary/aromatic N) is 4. The van der Waals surface area contributed by atoms with E-state index >= 15 is 0 Å². The molecule has 9 heteroatoms. The number of aryl methyl sites for hydroxylation is 2. The lowest BCUT2D eigenvalue weighted by Gasteiger charge is -2.30. The predicted octanol–water partition coefficient (Wildman–Crippen LogP) is 4.06. The van der Waals surface area contributed by atoms with Crippen molar-refractivity contribution in [2.45, 2.75) is 57.9 Å². The number of hydrogen-bond donors (Lipinski definition) is 1. The van der Waals surface area contributed by atoms with Gasteiger partial charge in [-0.3, -0.25) is 4.79 Å². The standard InChI is InChI=1S/C24H31N5O3S/c1-5-18(4)29-23-7-6-21(15-22(23)26-27-29)33(31,32)28-10-8-19(9-11-28)24(30)25-20-13-16(2)12-17(3)14-20/h6-7,12-15,18-19H,5,8-11H2,1-4H3,(H,25,30)/t18-/m1/s1. The van der Waals surface area contributed by atoms with Crippen LogP contribution in [0.3, 0.4) is 0 Å². The van der Waals surface area contributed by atoms with Crippen molar-refractivity contribution in [3.05, 3.63) is 47.5 Å². The number of nitrogens with one attached hydrogen (secondary N) is 1. The quantitative estimate of drug-likeness (QED) is 0.587. The van der Waals surface area contributed by atoms with Gasteiger partial charge in [0.25, 0.3) is 0 Å². The molecule has 0 saturated carbocycles. The van der Waals surface area contributed by atoms with Crippen molar-refractivity contribution >= 4 is 32.7 Å². The third-order valence-electron chi connectivity index (χ3n) is 6.40. The van der Waals surface area contributed by atoms with Gasteiger partial charge < -0.3 is 5.32 Å². The van der Waals surface area contributed by atoms with Crippen LogP contribution in [0.4, 0.5) is 5.69 Å². The molecule has 176 valence electrons. The van der Waals surface area contributed by atoms with Gasteiger partial charge in [-0.05, 0) is 81.5 Å². The molecule has 8 nitrogen and oxygen atoms in total. The molecule has 1 atom stereocenters. The van der Waals surface area contributed by atoms with Crippen LogP contribution in [-0.4, -0.2) is 46.7 Å². The van der Waals surface area contributed by atoms with Crippen molar-refractivity contribution in [3.8, 4) is 0 Å².